The highest BCUT2D eigenvalue weighted by Crippen LogP contribution is 2.37. The Kier molecular flexibility index (Phi) is 4.11. The monoisotopic (exact) mass is 480 g/mol. The zero-order valence-corrected chi connectivity index (χ0v) is 15.9. The van der Waals surface area contributed by atoms with E-state index in [-0.39, 0.29) is 12.1 Å². The second kappa shape index (κ2) is 6.24. The minimum absolute atomic E-state index is 0.176. The van der Waals surface area contributed by atoms with E-state index < -0.39 is 0 Å². The lowest BCUT2D eigenvalue weighted by atomic mass is 9.93. The van der Waals surface area contributed by atoms with Crippen molar-refractivity contribution < 1.29 is 0 Å². The van der Waals surface area contributed by atoms with Crippen molar-refractivity contribution in [2.24, 2.45) is 0 Å². The van der Waals surface area contributed by atoms with E-state index in [1.165, 1.54) is 14.7 Å². The molecule has 2 heterocycles. The number of nitrogens with zero attached hydrogens (tertiary/aromatic N) is 3. The highest BCUT2D eigenvalue weighted by atomic mass is 127. The summed E-state index contributed by atoms with van der Waals surface area (Å²) in [5, 5.41) is 7.92. The molecule has 0 amide bonds. The average molecular weight is 481 g/mol. The lowest BCUT2D eigenvalue weighted by molar-refractivity contribution is 0.430. The van der Waals surface area contributed by atoms with Gasteiger partial charge in [-0.05, 0) is 64.4 Å². The van der Waals surface area contributed by atoms with Gasteiger partial charge >= 0.3 is 0 Å². The lowest BCUT2D eigenvalue weighted by Gasteiger charge is -2.32. The first kappa shape index (κ1) is 15.1. The van der Waals surface area contributed by atoms with E-state index in [1.807, 2.05) is 10.7 Å². The molecule has 1 aliphatic heterocycles. The van der Waals surface area contributed by atoms with Crippen LogP contribution in [0.3, 0.4) is 0 Å². The largest absolute Gasteiger partial charge is 0.348 e. The maximum Gasteiger partial charge on any atom is 0.222 e. The summed E-state index contributed by atoms with van der Waals surface area (Å²) in [7, 11) is 0. The third-order valence-electron chi connectivity index (χ3n) is 4.14. The predicted octanol–water partition coefficient (Wildman–Crippen LogP) is 4.79. The fourth-order valence-electron chi connectivity index (χ4n) is 3.02. The maximum atomic E-state index is 4.41. The number of hydrogen-bond acceptors (Lipinski definition) is 3. The predicted molar refractivity (Wildman–Crippen MR) is 102 cm³/mol. The maximum absolute atomic E-state index is 4.41. The van der Waals surface area contributed by atoms with E-state index in [0.29, 0.717) is 0 Å². The normalized spacial score (nSPS) is 19.9. The van der Waals surface area contributed by atoms with Crippen molar-refractivity contribution in [1.82, 2.24) is 14.8 Å². The second-order valence-corrected chi connectivity index (χ2v) is 7.74. The Morgan fingerprint density at radius 3 is 2.74 bits per heavy atom. The zero-order valence-electron chi connectivity index (χ0n) is 12.2. The Morgan fingerprint density at radius 2 is 1.96 bits per heavy atom. The molecule has 0 fully saturated rings. The smallest absolute Gasteiger partial charge is 0.222 e. The molecular weight excluding hydrogens is 467 g/mol. The van der Waals surface area contributed by atoms with Crippen LogP contribution in [0.2, 0.25) is 0 Å². The van der Waals surface area contributed by atoms with Crippen LogP contribution in [0, 0.1) is 3.57 Å². The number of benzene rings is 2. The Balaban J connectivity index is 1.73. The van der Waals surface area contributed by atoms with E-state index in [0.717, 1.165) is 16.8 Å². The standard InChI is InChI=1S/C17H14BrIN4/c18-13-3-1-2-12(8-13)16-9-15(11-4-6-14(19)7-5-11)22-17-20-10-21-23(16)17/h1-8,10,15-16H,9H2,(H,20,21,22). The van der Waals surface area contributed by atoms with Crippen LogP contribution in [-0.2, 0) is 0 Å². The molecule has 4 nitrogen and oxygen atoms in total. The van der Waals surface area contributed by atoms with Crippen LogP contribution in [0.4, 0.5) is 5.95 Å². The number of aromatic nitrogens is 3. The summed E-state index contributed by atoms with van der Waals surface area (Å²) in [6, 6.07) is 17.5. The highest BCUT2D eigenvalue weighted by molar-refractivity contribution is 14.1. The molecule has 1 N–H and O–H groups in total. The molecule has 1 aromatic heterocycles. The van der Waals surface area contributed by atoms with Gasteiger partial charge < -0.3 is 5.32 Å². The van der Waals surface area contributed by atoms with Gasteiger partial charge in [-0.15, -0.1) is 0 Å². The van der Waals surface area contributed by atoms with Crippen LogP contribution < -0.4 is 5.32 Å². The molecule has 0 radical (unpaired) electrons. The van der Waals surface area contributed by atoms with Gasteiger partial charge in [-0.1, -0.05) is 40.2 Å². The van der Waals surface area contributed by atoms with Gasteiger partial charge in [0.05, 0.1) is 12.1 Å². The fraction of sp³-hybridized carbons (Fsp3) is 0.176. The molecule has 0 aliphatic carbocycles. The molecule has 3 aromatic rings. The van der Waals surface area contributed by atoms with E-state index in [9.17, 15) is 0 Å². The van der Waals surface area contributed by atoms with Crippen LogP contribution in [-0.4, -0.2) is 14.8 Å². The number of anilines is 1. The SMILES string of the molecule is Brc1cccc(C2CC(c3ccc(I)cc3)Nc3ncnn32)c1. The van der Waals surface area contributed by atoms with Gasteiger partial charge in [0, 0.05) is 8.04 Å². The van der Waals surface area contributed by atoms with Gasteiger partial charge in [0.2, 0.25) is 5.95 Å². The first-order chi connectivity index (χ1) is 11.2. The number of nitrogens with one attached hydrogen (secondary N) is 1. The van der Waals surface area contributed by atoms with Crippen molar-refractivity contribution in [3.05, 3.63) is 74.0 Å². The van der Waals surface area contributed by atoms with Gasteiger partial charge in [0.1, 0.15) is 6.33 Å². The summed E-state index contributed by atoms with van der Waals surface area (Å²) < 4.78 is 4.31. The average Bonchev–Trinajstić information content (AvgIpc) is 3.03. The summed E-state index contributed by atoms with van der Waals surface area (Å²) in [4.78, 5) is 4.38. The molecule has 116 valence electrons. The Bertz CT molecular complexity index is 831. The molecule has 4 rings (SSSR count). The molecule has 2 atom stereocenters. The Labute approximate surface area is 156 Å². The molecule has 0 saturated carbocycles. The minimum Gasteiger partial charge on any atom is -0.348 e. The van der Waals surface area contributed by atoms with Crippen molar-refractivity contribution in [2.45, 2.75) is 18.5 Å². The molecule has 2 aromatic carbocycles. The molecule has 1 aliphatic rings. The minimum atomic E-state index is 0.176. The van der Waals surface area contributed by atoms with Crippen molar-refractivity contribution in [3.63, 3.8) is 0 Å². The topological polar surface area (TPSA) is 42.7 Å². The molecular formula is C17H14BrIN4. The number of halogens is 2. The van der Waals surface area contributed by atoms with Crippen molar-refractivity contribution in [1.29, 1.82) is 0 Å². The summed E-state index contributed by atoms with van der Waals surface area (Å²) in [6.07, 6.45) is 2.55. The van der Waals surface area contributed by atoms with Crippen molar-refractivity contribution in [2.75, 3.05) is 5.32 Å². The van der Waals surface area contributed by atoms with Crippen LogP contribution >= 0.6 is 38.5 Å². The molecule has 2 unspecified atom stereocenters. The summed E-state index contributed by atoms with van der Waals surface area (Å²) in [5.74, 6) is 0.824. The summed E-state index contributed by atoms with van der Waals surface area (Å²) in [6.45, 7) is 0. The van der Waals surface area contributed by atoms with Crippen molar-refractivity contribution in [3.8, 4) is 0 Å². The third-order valence-corrected chi connectivity index (χ3v) is 5.35. The Hall–Kier alpha value is -1.41. The number of hydrogen-bond donors (Lipinski definition) is 1. The second-order valence-electron chi connectivity index (χ2n) is 5.58. The molecule has 6 heteroatoms. The molecule has 0 bridgehead atoms. The van der Waals surface area contributed by atoms with Crippen LogP contribution in [0.25, 0.3) is 0 Å². The summed E-state index contributed by atoms with van der Waals surface area (Å²) in [5.41, 5.74) is 2.52. The lowest BCUT2D eigenvalue weighted by Crippen LogP contribution is -2.28. The first-order valence-corrected chi connectivity index (χ1v) is 9.25. The fourth-order valence-corrected chi connectivity index (χ4v) is 3.80. The van der Waals surface area contributed by atoms with Crippen LogP contribution in [0.1, 0.15) is 29.6 Å². The van der Waals surface area contributed by atoms with E-state index in [2.05, 4.69) is 96.4 Å². The van der Waals surface area contributed by atoms with E-state index in [4.69, 9.17) is 0 Å². The van der Waals surface area contributed by atoms with Gasteiger partial charge in [0.25, 0.3) is 0 Å². The quantitative estimate of drug-likeness (QED) is 0.536. The van der Waals surface area contributed by atoms with Gasteiger partial charge in [0.15, 0.2) is 0 Å². The highest BCUT2D eigenvalue weighted by Gasteiger charge is 2.29. The zero-order chi connectivity index (χ0) is 15.8. The Morgan fingerprint density at radius 1 is 1.13 bits per heavy atom. The van der Waals surface area contributed by atoms with Gasteiger partial charge in [-0.3, -0.25) is 0 Å². The first-order valence-electron chi connectivity index (χ1n) is 7.38. The molecule has 23 heavy (non-hydrogen) atoms. The van der Waals surface area contributed by atoms with E-state index >= 15 is 0 Å². The van der Waals surface area contributed by atoms with Gasteiger partial charge in [-0.25, -0.2) is 4.68 Å². The van der Waals surface area contributed by atoms with Gasteiger partial charge in [-0.2, -0.15) is 10.1 Å². The van der Waals surface area contributed by atoms with Crippen LogP contribution in [0.15, 0.2) is 59.3 Å². The number of rotatable bonds is 2. The third kappa shape index (κ3) is 3.01. The number of fused-ring (bicyclic) bond motifs is 1. The molecule has 0 saturated heterocycles. The molecule has 0 spiro atoms. The van der Waals surface area contributed by atoms with Crippen LogP contribution in [0.5, 0.6) is 0 Å². The van der Waals surface area contributed by atoms with E-state index in [1.54, 1.807) is 6.33 Å². The summed E-state index contributed by atoms with van der Waals surface area (Å²) >= 11 is 5.90. The van der Waals surface area contributed by atoms with Crippen molar-refractivity contribution >= 4 is 44.5 Å².